The van der Waals surface area contributed by atoms with Crippen molar-refractivity contribution in [3.8, 4) is 0 Å². The third kappa shape index (κ3) is 4.04. The van der Waals surface area contributed by atoms with Gasteiger partial charge in [-0.15, -0.1) is 0 Å². The minimum atomic E-state index is -0.143. The van der Waals surface area contributed by atoms with Gasteiger partial charge in [-0.1, -0.05) is 44.0 Å². The van der Waals surface area contributed by atoms with Gasteiger partial charge in [0.2, 0.25) is 0 Å². The van der Waals surface area contributed by atoms with E-state index in [1.807, 2.05) is 12.1 Å². The van der Waals surface area contributed by atoms with Gasteiger partial charge in [0.15, 0.2) is 0 Å². The van der Waals surface area contributed by atoms with Crippen LogP contribution in [0.15, 0.2) is 24.3 Å². The Kier molecular flexibility index (Phi) is 5.64. The van der Waals surface area contributed by atoms with E-state index in [1.54, 1.807) is 12.1 Å². The van der Waals surface area contributed by atoms with Crippen molar-refractivity contribution in [3.63, 3.8) is 0 Å². The third-order valence-electron chi connectivity index (χ3n) is 3.55. The Hall–Kier alpha value is 0.0700. The molecule has 1 fully saturated rings. The van der Waals surface area contributed by atoms with Crippen LogP contribution in [0.2, 0.25) is 0 Å². The monoisotopic (exact) mass is 377 g/mol. The summed E-state index contributed by atoms with van der Waals surface area (Å²) in [5.74, 6) is 0.454. The summed E-state index contributed by atoms with van der Waals surface area (Å²) in [6.07, 6.45) is 2.35. The number of halogens is 3. The largest absolute Gasteiger partial charge is 0.302 e. The molecule has 0 N–H and O–H groups in total. The van der Waals surface area contributed by atoms with Crippen LogP contribution in [0.1, 0.15) is 24.3 Å². The van der Waals surface area contributed by atoms with Crippen molar-refractivity contribution in [2.24, 2.45) is 0 Å². The van der Waals surface area contributed by atoms with Crippen LogP contribution < -0.4 is 0 Å². The normalized spacial score (nSPS) is 19.9. The maximum Gasteiger partial charge on any atom is 0.123 e. The lowest BCUT2D eigenvalue weighted by Crippen LogP contribution is -2.37. The lowest BCUT2D eigenvalue weighted by molar-refractivity contribution is 0.216. The summed E-state index contributed by atoms with van der Waals surface area (Å²) in [6.45, 7) is 3.37. The SMILES string of the molecule is Fc1ccc(C2CCN(CC(Br)CBr)CC2)cc1. The molecular weight excluding hydrogens is 361 g/mol. The Bertz CT molecular complexity index is 361. The predicted octanol–water partition coefficient (Wildman–Crippen LogP) is 4.16. The molecule has 4 heteroatoms. The zero-order valence-corrected chi connectivity index (χ0v) is 13.5. The number of rotatable bonds is 4. The zero-order valence-electron chi connectivity index (χ0n) is 10.3. The van der Waals surface area contributed by atoms with Crippen LogP contribution in [-0.4, -0.2) is 34.7 Å². The minimum absolute atomic E-state index is 0.143. The summed E-state index contributed by atoms with van der Waals surface area (Å²) < 4.78 is 12.9. The summed E-state index contributed by atoms with van der Waals surface area (Å²) in [5.41, 5.74) is 1.28. The van der Waals surface area contributed by atoms with Crippen molar-refractivity contribution < 1.29 is 4.39 Å². The molecule has 0 aliphatic carbocycles. The van der Waals surface area contributed by atoms with E-state index in [1.165, 1.54) is 18.4 Å². The fraction of sp³-hybridized carbons (Fsp3) is 0.571. The number of nitrogens with zero attached hydrogens (tertiary/aromatic N) is 1. The van der Waals surface area contributed by atoms with Gasteiger partial charge in [-0.3, -0.25) is 0 Å². The molecular formula is C14H18Br2FN. The summed E-state index contributed by atoms with van der Waals surface area (Å²) in [7, 11) is 0. The number of likely N-dealkylation sites (tertiary alicyclic amines) is 1. The quantitative estimate of drug-likeness (QED) is 0.711. The lowest BCUT2D eigenvalue weighted by atomic mass is 9.89. The predicted molar refractivity (Wildman–Crippen MR) is 81.3 cm³/mol. The smallest absolute Gasteiger partial charge is 0.123 e. The average Bonchev–Trinajstić information content (AvgIpc) is 2.40. The van der Waals surface area contributed by atoms with Gasteiger partial charge in [-0.05, 0) is 49.5 Å². The first-order valence-electron chi connectivity index (χ1n) is 6.37. The van der Waals surface area contributed by atoms with E-state index in [0.717, 1.165) is 25.0 Å². The molecule has 0 spiro atoms. The van der Waals surface area contributed by atoms with Gasteiger partial charge >= 0.3 is 0 Å². The van der Waals surface area contributed by atoms with Gasteiger partial charge in [0.05, 0.1) is 0 Å². The van der Waals surface area contributed by atoms with E-state index in [4.69, 9.17) is 0 Å². The van der Waals surface area contributed by atoms with E-state index in [-0.39, 0.29) is 5.82 Å². The highest BCUT2D eigenvalue weighted by atomic mass is 79.9. The molecule has 1 saturated heterocycles. The highest BCUT2D eigenvalue weighted by Gasteiger charge is 2.21. The molecule has 1 aromatic rings. The van der Waals surface area contributed by atoms with Crippen molar-refractivity contribution >= 4 is 31.9 Å². The molecule has 2 rings (SSSR count). The van der Waals surface area contributed by atoms with Crippen molar-refractivity contribution in [1.29, 1.82) is 0 Å². The molecule has 18 heavy (non-hydrogen) atoms. The van der Waals surface area contributed by atoms with E-state index in [9.17, 15) is 4.39 Å². The highest BCUT2D eigenvalue weighted by molar-refractivity contribution is 9.12. The molecule has 1 aromatic carbocycles. The van der Waals surface area contributed by atoms with Gasteiger partial charge < -0.3 is 4.90 Å². The van der Waals surface area contributed by atoms with Gasteiger partial charge in [0.25, 0.3) is 0 Å². The van der Waals surface area contributed by atoms with E-state index >= 15 is 0 Å². The summed E-state index contributed by atoms with van der Waals surface area (Å²) >= 11 is 7.14. The molecule has 100 valence electrons. The van der Waals surface area contributed by atoms with Crippen LogP contribution in [0.4, 0.5) is 4.39 Å². The Labute approximate surface area is 125 Å². The fourth-order valence-electron chi connectivity index (χ4n) is 2.51. The molecule has 1 unspecified atom stereocenters. The molecule has 0 saturated carbocycles. The van der Waals surface area contributed by atoms with Crippen LogP contribution in [0.5, 0.6) is 0 Å². The minimum Gasteiger partial charge on any atom is -0.302 e. The maximum atomic E-state index is 12.9. The maximum absolute atomic E-state index is 12.9. The van der Waals surface area contributed by atoms with Crippen LogP contribution in [0, 0.1) is 5.82 Å². The molecule has 1 aliphatic rings. The van der Waals surface area contributed by atoms with Crippen LogP contribution in [0.3, 0.4) is 0 Å². The third-order valence-corrected chi connectivity index (χ3v) is 5.82. The van der Waals surface area contributed by atoms with Gasteiger partial charge in [-0.25, -0.2) is 4.39 Å². The van der Waals surface area contributed by atoms with Gasteiger partial charge in [0, 0.05) is 16.7 Å². The van der Waals surface area contributed by atoms with E-state index in [0.29, 0.717) is 10.7 Å². The molecule has 0 aromatic heterocycles. The van der Waals surface area contributed by atoms with Crippen molar-refractivity contribution in [2.75, 3.05) is 25.0 Å². The molecule has 1 aliphatic heterocycles. The van der Waals surface area contributed by atoms with Crippen molar-refractivity contribution in [2.45, 2.75) is 23.6 Å². The number of piperidine rings is 1. The standard InChI is InChI=1S/C14H18Br2FN/c15-9-13(16)10-18-7-5-12(6-8-18)11-1-3-14(17)4-2-11/h1-4,12-13H,5-10H2. The summed E-state index contributed by atoms with van der Waals surface area (Å²) in [5, 5.41) is 0.991. The summed E-state index contributed by atoms with van der Waals surface area (Å²) in [4.78, 5) is 3.03. The average molecular weight is 379 g/mol. The van der Waals surface area contributed by atoms with Gasteiger partial charge in [-0.2, -0.15) is 0 Å². The van der Waals surface area contributed by atoms with Gasteiger partial charge in [0.1, 0.15) is 5.82 Å². The first-order valence-corrected chi connectivity index (χ1v) is 8.40. The first kappa shape index (κ1) is 14.5. The van der Waals surface area contributed by atoms with Crippen molar-refractivity contribution in [1.82, 2.24) is 4.90 Å². The Morgan fingerprint density at radius 2 is 1.83 bits per heavy atom. The number of hydrogen-bond donors (Lipinski definition) is 0. The molecule has 1 nitrogen and oxygen atoms in total. The second-order valence-electron chi connectivity index (χ2n) is 4.88. The van der Waals surface area contributed by atoms with E-state index < -0.39 is 0 Å². The lowest BCUT2D eigenvalue weighted by Gasteiger charge is -2.33. The van der Waals surface area contributed by atoms with Crippen molar-refractivity contribution in [3.05, 3.63) is 35.6 Å². The fourth-order valence-corrected chi connectivity index (χ4v) is 3.13. The first-order chi connectivity index (χ1) is 8.69. The molecule has 1 heterocycles. The van der Waals surface area contributed by atoms with E-state index in [2.05, 4.69) is 36.8 Å². The Morgan fingerprint density at radius 3 is 2.39 bits per heavy atom. The Balaban J connectivity index is 1.84. The zero-order chi connectivity index (χ0) is 13.0. The molecule has 0 amide bonds. The second kappa shape index (κ2) is 7.01. The highest BCUT2D eigenvalue weighted by Crippen LogP contribution is 2.28. The number of alkyl halides is 2. The molecule has 0 bridgehead atoms. The second-order valence-corrected chi connectivity index (χ2v) is 6.82. The van der Waals surface area contributed by atoms with Crippen LogP contribution >= 0.6 is 31.9 Å². The number of hydrogen-bond acceptors (Lipinski definition) is 1. The van der Waals surface area contributed by atoms with Crippen LogP contribution in [0.25, 0.3) is 0 Å². The topological polar surface area (TPSA) is 3.24 Å². The Morgan fingerprint density at radius 1 is 1.22 bits per heavy atom. The van der Waals surface area contributed by atoms with Crippen LogP contribution in [-0.2, 0) is 0 Å². The summed E-state index contributed by atoms with van der Waals surface area (Å²) in [6, 6.07) is 7.00. The number of benzene rings is 1. The molecule has 1 atom stereocenters. The molecule has 0 radical (unpaired) electrons.